The number of aliphatic hydroxyl groups is 1. The van der Waals surface area contributed by atoms with E-state index < -0.39 is 11.0 Å². The molecule has 2 unspecified atom stereocenters. The molecule has 2 atom stereocenters. The van der Waals surface area contributed by atoms with E-state index in [9.17, 15) is 4.21 Å². The molecule has 0 bridgehead atoms. The molecular weight excluding hydrogens is 482 g/mol. The average Bonchev–Trinajstić information content (AvgIpc) is 3.20. The first-order valence-corrected chi connectivity index (χ1v) is 14.7. The van der Waals surface area contributed by atoms with Crippen molar-refractivity contribution in [3.63, 3.8) is 0 Å². The molecule has 6 nitrogen and oxygen atoms in total. The van der Waals surface area contributed by atoms with Gasteiger partial charge >= 0.3 is 0 Å². The Morgan fingerprint density at radius 1 is 1.08 bits per heavy atom. The summed E-state index contributed by atoms with van der Waals surface area (Å²) in [5, 5.41) is 7.00. The summed E-state index contributed by atoms with van der Waals surface area (Å²) in [6.45, 7) is 33.5. The number of nitrogens with one attached hydrogen (secondary N) is 1. The van der Waals surface area contributed by atoms with Crippen molar-refractivity contribution in [2.45, 2.75) is 143 Å². The first-order valence-electron chi connectivity index (χ1n) is 13.6. The Balaban J connectivity index is -0.000000573. The fourth-order valence-electron chi connectivity index (χ4n) is 4.12. The number of likely N-dealkylation sites (tertiary alicyclic amines) is 1. The molecule has 1 aliphatic heterocycles. The third kappa shape index (κ3) is 15.1. The van der Waals surface area contributed by atoms with E-state index in [4.69, 9.17) is 9.90 Å². The number of nitrogens with zero attached hydrogens (tertiary/aromatic N) is 2. The van der Waals surface area contributed by atoms with Gasteiger partial charge < -0.3 is 9.90 Å². The summed E-state index contributed by atoms with van der Waals surface area (Å²) in [6, 6.07) is 4.20. The second-order valence-corrected chi connectivity index (χ2v) is 14.4. The van der Waals surface area contributed by atoms with Crippen LogP contribution in [-0.2, 0) is 21.2 Å². The molecule has 1 aliphatic rings. The fraction of sp³-hybridized carbons (Fsp3) is 0.800. The van der Waals surface area contributed by atoms with Gasteiger partial charge in [0.15, 0.2) is 0 Å². The summed E-state index contributed by atoms with van der Waals surface area (Å²) >= 11 is 0. The van der Waals surface area contributed by atoms with E-state index in [1.807, 2.05) is 47.6 Å². The molecule has 2 heterocycles. The lowest BCUT2D eigenvalue weighted by molar-refractivity contribution is -0.0980. The number of aromatic nitrogens is 1. The van der Waals surface area contributed by atoms with Crippen molar-refractivity contribution >= 4 is 17.8 Å². The van der Waals surface area contributed by atoms with Gasteiger partial charge in [0.25, 0.3) is 0 Å². The van der Waals surface area contributed by atoms with Crippen LogP contribution in [0.1, 0.15) is 133 Å². The summed E-state index contributed by atoms with van der Waals surface area (Å²) in [5.41, 5.74) is 3.10. The van der Waals surface area contributed by atoms with E-state index in [1.165, 1.54) is 24.9 Å². The van der Waals surface area contributed by atoms with Crippen LogP contribution in [0.3, 0.4) is 0 Å². The van der Waals surface area contributed by atoms with Crippen molar-refractivity contribution in [1.29, 1.82) is 0 Å². The Labute approximate surface area is 233 Å². The van der Waals surface area contributed by atoms with Gasteiger partial charge in [0.2, 0.25) is 0 Å². The maximum Gasteiger partial charge on any atom is 0.106 e. The molecule has 2 N–H and O–H groups in total. The van der Waals surface area contributed by atoms with Gasteiger partial charge in [-0.05, 0) is 104 Å². The highest BCUT2D eigenvalue weighted by atomic mass is 32.2. The topological polar surface area (TPSA) is 82.5 Å². The van der Waals surface area contributed by atoms with Crippen LogP contribution >= 0.6 is 0 Å². The van der Waals surface area contributed by atoms with Gasteiger partial charge in [0, 0.05) is 24.4 Å². The third-order valence-electron chi connectivity index (χ3n) is 5.93. The van der Waals surface area contributed by atoms with Gasteiger partial charge in [-0.1, -0.05) is 41.5 Å². The van der Waals surface area contributed by atoms with E-state index in [-0.39, 0.29) is 16.2 Å². The number of hydrogen-bond donors (Lipinski definition) is 2. The molecule has 0 spiro atoms. The van der Waals surface area contributed by atoms with Crippen LogP contribution in [0.25, 0.3) is 0 Å². The van der Waals surface area contributed by atoms with Crippen molar-refractivity contribution in [1.82, 2.24) is 14.6 Å². The Hall–Kier alpha value is -1.15. The summed E-state index contributed by atoms with van der Waals surface area (Å²) in [7, 11) is -0.0855. The first kappa shape index (κ1) is 40.3. The normalized spacial score (nSPS) is 16.8. The minimum absolute atomic E-state index is 0.0253. The van der Waals surface area contributed by atoms with Crippen LogP contribution in [0.4, 0.5) is 0 Å². The molecule has 220 valence electrons. The molecular formula is C30H61N3O3S. The predicted molar refractivity (Wildman–Crippen MR) is 163 cm³/mol. The lowest BCUT2D eigenvalue weighted by atomic mass is 9.87. The first-order chi connectivity index (χ1) is 16.9. The van der Waals surface area contributed by atoms with Crippen molar-refractivity contribution in [3.8, 4) is 0 Å². The van der Waals surface area contributed by atoms with Gasteiger partial charge in [-0.15, -0.1) is 0 Å². The molecule has 7 heteroatoms. The minimum atomic E-state index is -1.09. The highest BCUT2D eigenvalue weighted by Crippen LogP contribution is 2.34. The van der Waals surface area contributed by atoms with Gasteiger partial charge in [-0.25, -0.2) is 8.93 Å². The highest BCUT2D eigenvalue weighted by molar-refractivity contribution is 7.84. The Morgan fingerprint density at radius 2 is 1.57 bits per heavy atom. The molecule has 2 rings (SSSR count). The molecule has 0 saturated carbocycles. The second kappa shape index (κ2) is 18.2. The molecule has 1 fully saturated rings. The van der Waals surface area contributed by atoms with Crippen molar-refractivity contribution < 1.29 is 14.1 Å². The predicted octanol–water partition coefficient (Wildman–Crippen LogP) is 6.99. The van der Waals surface area contributed by atoms with Gasteiger partial charge in [0.1, 0.15) is 6.79 Å². The fourth-order valence-corrected chi connectivity index (χ4v) is 5.01. The van der Waals surface area contributed by atoms with Crippen LogP contribution in [0.5, 0.6) is 0 Å². The Bertz CT molecular complexity index is 748. The zero-order valence-electron chi connectivity index (χ0n) is 26.9. The molecule has 0 aromatic carbocycles. The van der Waals surface area contributed by atoms with E-state index in [2.05, 4.69) is 89.1 Å². The smallest absolute Gasteiger partial charge is 0.106 e. The standard InChI is InChI=1S/C16H28N2OS.C10H21N.C2H6.CH4O.CH2O/c1-8-13(18-20(19)16(5,6)7)14-11-12(9-10-17-14)15(2,3)4;1-9(2,3)11-8-6-7-10(11,4)5;3*1-2/h9-11,13,18H,8H2,1-7H3;6-8H2,1-5H3;1-2H3;2H,1H3;1H2. The highest BCUT2D eigenvalue weighted by Gasteiger charge is 2.38. The zero-order valence-corrected chi connectivity index (χ0v) is 27.7. The van der Waals surface area contributed by atoms with E-state index >= 15 is 0 Å². The average molecular weight is 544 g/mol. The number of carbonyl (C=O) groups excluding carboxylic acids is 1. The lowest BCUT2D eigenvalue weighted by Crippen LogP contribution is -2.49. The van der Waals surface area contributed by atoms with Crippen LogP contribution < -0.4 is 4.72 Å². The maximum absolute atomic E-state index is 12.3. The molecule has 1 saturated heterocycles. The van der Waals surface area contributed by atoms with E-state index in [1.54, 1.807) is 0 Å². The summed E-state index contributed by atoms with van der Waals surface area (Å²) in [6.07, 6.45) is 5.43. The Kier molecular flexibility index (Phi) is 19.8. The number of hydrogen-bond acceptors (Lipinski definition) is 5. The van der Waals surface area contributed by atoms with Gasteiger partial charge in [-0.2, -0.15) is 0 Å². The number of rotatable bonds is 4. The van der Waals surface area contributed by atoms with Crippen LogP contribution in [0, 0.1) is 0 Å². The van der Waals surface area contributed by atoms with Crippen molar-refractivity contribution in [3.05, 3.63) is 29.6 Å². The Morgan fingerprint density at radius 3 is 1.86 bits per heavy atom. The van der Waals surface area contributed by atoms with E-state index in [0.717, 1.165) is 19.2 Å². The molecule has 37 heavy (non-hydrogen) atoms. The molecule has 0 radical (unpaired) electrons. The molecule has 1 aromatic heterocycles. The van der Waals surface area contributed by atoms with Crippen LogP contribution in [-0.4, -0.2) is 55.5 Å². The quantitative estimate of drug-likeness (QED) is 0.428. The monoisotopic (exact) mass is 543 g/mol. The van der Waals surface area contributed by atoms with E-state index in [0.29, 0.717) is 11.1 Å². The number of pyridine rings is 1. The molecule has 0 amide bonds. The summed E-state index contributed by atoms with van der Waals surface area (Å²) in [4.78, 5) is 15.1. The third-order valence-corrected chi connectivity index (χ3v) is 7.54. The summed E-state index contributed by atoms with van der Waals surface area (Å²) in [5.74, 6) is 0. The molecule has 1 aromatic rings. The SMILES string of the molecule is C=O.CC.CC(C)(C)N1CCCC1(C)C.CCC(NS(=O)C(C)(C)C)c1cc(C(C)(C)C)ccn1.CO. The molecule has 0 aliphatic carbocycles. The van der Waals surface area contributed by atoms with Gasteiger partial charge in [0.05, 0.1) is 27.5 Å². The maximum atomic E-state index is 12.3. The minimum Gasteiger partial charge on any atom is -0.400 e. The number of aliphatic hydroxyl groups excluding tert-OH is 1. The lowest BCUT2D eigenvalue weighted by Gasteiger charge is -2.42. The van der Waals surface area contributed by atoms with Gasteiger partial charge in [-0.3, -0.25) is 9.88 Å². The van der Waals surface area contributed by atoms with Crippen molar-refractivity contribution in [2.75, 3.05) is 13.7 Å². The van der Waals surface area contributed by atoms with Crippen molar-refractivity contribution in [2.24, 2.45) is 0 Å². The summed E-state index contributed by atoms with van der Waals surface area (Å²) < 4.78 is 15.2. The van der Waals surface area contributed by atoms with Crippen LogP contribution in [0.2, 0.25) is 0 Å². The number of carbonyl (C=O) groups is 1. The largest absolute Gasteiger partial charge is 0.400 e. The zero-order chi connectivity index (χ0) is 30.3. The van der Waals surface area contributed by atoms with Crippen LogP contribution in [0.15, 0.2) is 18.3 Å². The second-order valence-electron chi connectivity index (χ2n) is 12.4.